The van der Waals surface area contributed by atoms with Crippen molar-refractivity contribution in [2.45, 2.75) is 17.1 Å². The zero-order chi connectivity index (χ0) is 19.7. The number of nitrogens with zero attached hydrogens (tertiary/aromatic N) is 3. The summed E-state index contributed by atoms with van der Waals surface area (Å²) in [5.41, 5.74) is 0.644. The molecule has 0 aliphatic carbocycles. The summed E-state index contributed by atoms with van der Waals surface area (Å²) < 4.78 is 45.8. The summed E-state index contributed by atoms with van der Waals surface area (Å²) in [6.45, 7) is 1.32. The molecule has 3 aromatic rings. The number of hydrogen-bond acceptors (Lipinski definition) is 7. The highest BCUT2D eigenvalue weighted by Gasteiger charge is 2.26. The van der Waals surface area contributed by atoms with Crippen LogP contribution in [0.15, 0.2) is 44.3 Å². The van der Waals surface area contributed by atoms with Gasteiger partial charge in [0.2, 0.25) is 5.89 Å². The second-order valence-electron chi connectivity index (χ2n) is 6.18. The molecule has 28 heavy (non-hydrogen) atoms. The molecule has 1 aliphatic rings. The normalized spacial score (nSPS) is 14.4. The Bertz CT molecular complexity index is 1100. The first kappa shape index (κ1) is 18.6. The second-order valence-corrected chi connectivity index (χ2v) is 9.00. The number of aromatic nitrogens is 2. The van der Waals surface area contributed by atoms with Crippen LogP contribution in [-0.4, -0.2) is 42.5 Å². The van der Waals surface area contributed by atoms with E-state index in [1.165, 1.54) is 18.2 Å². The van der Waals surface area contributed by atoms with Crippen molar-refractivity contribution in [3.8, 4) is 11.5 Å². The van der Waals surface area contributed by atoms with Crippen molar-refractivity contribution in [1.82, 2.24) is 15.1 Å². The van der Waals surface area contributed by atoms with E-state index in [0.29, 0.717) is 18.7 Å². The van der Waals surface area contributed by atoms with E-state index in [-0.39, 0.29) is 27.6 Å². The zero-order valence-electron chi connectivity index (χ0n) is 14.5. The van der Waals surface area contributed by atoms with Crippen LogP contribution in [0.4, 0.5) is 10.1 Å². The molecule has 1 fully saturated rings. The number of nitrogens with one attached hydrogen (secondary N) is 1. The van der Waals surface area contributed by atoms with Crippen LogP contribution in [0.25, 0.3) is 11.5 Å². The summed E-state index contributed by atoms with van der Waals surface area (Å²) in [6.07, 6.45) is 1.89. The molecule has 1 amide bonds. The molecule has 0 radical (unpaired) electrons. The number of likely N-dealkylation sites (tertiary alicyclic amines) is 1. The molecule has 2 aromatic heterocycles. The summed E-state index contributed by atoms with van der Waals surface area (Å²) in [5, 5.41) is 9.19. The number of amides is 1. The van der Waals surface area contributed by atoms with Gasteiger partial charge in [0, 0.05) is 24.2 Å². The van der Waals surface area contributed by atoms with Gasteiger partial charge in [-0.25, -0.2) is 12.8 Å². The monoisotopic (exact) mass is 422 g/mol. The molecule has 1 aliphatic heterocycles. The average Bonchev–Trinajstić information content (AvgIpc) is 3.42. The lowest BCUT2D eigenvalue weighted by Gasteiger charge is -2.11. The van der Waals surface area contributed by atoms with Crippen LogP contribution in [-0.2, 0) is 10.0 Å². The topological polar surface area (TPSA) is 105 Å². The fraction of sp³-hybridized carbons (Fsp3) is 0.235. The van der Waals surface area contributed by atoms with Gasteiger partial charge in [-0.2, -0.15) is 0 Å². The van der Waals surface area contributed by atoms with Crippen molar-refractivity contribution in [2.75, 3.05) is 17.8 Å². The number of carbonyl (C=O) groups excluding carboxylic acids is 1. The maximum atomic E-state index is 13.0. The number of benzene rings is 1. The maximum Gasteiger partial charge on any atom is 0.311 e. The standard InChI is InChI=1S/C17H15FN4O4S2/c18-12-3-5-13(6-4-12)21-28(24,25)14-9-11(10-27-14)15-19-20-16(26-15)17(23)22-7-1-2-8-22/h3-6,9-10,21H,1-2,7-8H2. The Morgan fingerprint density at radius 3 is 2.61 bits per heavy atom. The van der Waals surface area contributed by atoms with Crippen LogP contribution in [0.5, 0.6) is 0 Å². The van der Waals surface area contributed by atoms with Crippen LogP contribution in [0.2, 0.25) is 0 Å². The Morgan fingerprint density at radius 2 is 1.89 bits per heavy atom. The molecular formula is C17H15FN4O4S2. The van der Waals surface area contributed by atoms with Gasteiger partial charge in [-0.3, -0.25) is 9.52 Å². The highest BCUT2D eigenvalue weighted by Crippen LogP contribution is 2.29. The second kappa shape index (κ2) is 7.32. The molecule has 8 nitrogen and oxygen atoms in total. The lowest BCUT2D eigenvalue weighted by Crippen LogP contribution is -2.27. The van der Waals surface area contributed by atoms with Crippen molar-refractivity contribution in [3.05, 3.63) is 47.4 Å². The van der Waals surface area contributed by atoms with Crippen molar-refractivity contribution in [2.24, 2.45) is 0 Å². The minimum absolute atomic E-state index is 0.0254. The van der Waals surface area contributed by atoms with Crippen LogP contribution in [0.3, 0.4) is 0 Å². The van der Waals surface area contributed by atoms with Crippen LogP contribution >= 0.6 is 11.3 Å². The first-order chi connectivity index (χ1) is 13.4. The number of sulfonamides is 1. The molecule has 11 heteroatoms. The number of anilines is 1. The van der Waals surface area contributed by atoms with Crippen LogP contribution in [0.1, 0.15) is 23.5 Å². The summed E-state index contributed by atoms with van der Waals surface area (Å²) in [4.78, 5) is 13.9. The van der Waals surface area contributed by atoms with Gasteiger partial charge in [0.1, 0.15) is 10.0 Å². The molecule has 1 N–H and O–H groups in total. The van der Waals surface area contributed by atoms with E-state index < -0.39 is 15.8 Å². The summed E-state index contributed by atoms with van der Waals surface area (Å²) in [5.74, 6) is -0.826. The molecule has 146 valence electrons. The van der Waals surface area contributed by atoms with Crippen LogP contribution in [0, 0.1) is 5.82 Å². The fourth-order valence-electron chi connectivity index (χ4n) is 2.77. The zero-order valence-corrected chi connectivity index (χ0v) is 16.1. The number of hydrogen-bond donors (Lipinski definition) is 1. The fourth-order valence-corrected chi connectivity index (χ4v) is 4.99. The Balaban J connectivity index is 1.52. The highest BCUT2D eigenvalue weighted by atomic mass is 32.2. The number of carbonyl (C=O) groups is 1. The van der Waals surface area contributed by atoms with Gasteiger partial charge in [-0.05, 0) is 43.2 Å². The predicted molar refractivity (Wildman–Crippen MR) is 100.0 cm³/mol. The van der Waals surface area contributed by atoms with Crippen molar-refractivity contribution in [1.29, 1.82) is 0 Å². The maximum absolute atomic E-state index is 13.0. The molecular weight excluding hydrogens is 407 g/mol. The number of rotatable bonds is 5. The van der Waals surface area contributed by atoms with E-state index in [9.17, 15) is 17.6 Å². The van der Waals surface area contributed by atoms with E-state index in [0.717, 1.165) is 36.3 Å². The van der Waals surface area contributed by atoms with Crippen molar-refractivity contribution < 1.29 is 22.0 Å². The molecule has 0 saturated carbocycles. The lowest BCUT2D eigenvalue weighted by molar-refractivity contribution is 0.0754. The Kier molecular flexibility index (Phi) is 4.85. The minimum atomic E-state index is -3.85. The summed E-state index contributed by atoms with van der Waals surface area (Å²) in [7, 11) is -3.85. The van der Waals surface area contributed by atoms with Gasteiger partial charge in [0.15, 0.2) is 0 Å². The molecule has 0 unspecified atom stereocenters. The quantitative estimate of drug-likeness (QED) is 0.678. The van der Waals surface area contributed by atoms with E-state index in [4.69, 9.17) is 4.42 Å². The third kappa shape index (κ3) is 3.76. The van der Waals surface area contributed by atoms with Gasteiger partial charge >= 0.3 is 11.8 Å². The molecule has 1 saturated heterocycles. The number of thiophene rings is 1. The summed E-state index contributed by atoms with van der Waals surface area (Å²) in [6, 6.07) is 6.36. The van der Waals surface area contributed by atoms with E-state index in [1.54, 1.807) is 10.3 Å². The molecule has 0 spiro atoms. The Labute approximate surface area is 164 Å². The molecule has 0 bridgehead atoms. The average molecular weight is 422 g/mol. The molecule has 3 heterocycles. The first-order valence-electron chi connectivity index (χ1n) is 8.42. The first-order valence-corrected chi connectivity index (χ1v) is 10.8. The van der Waals surface area contributed by atoms with E-state index >= 15 is 0 Å². The molecule has 4 rings (SSSR count). The van der Waals surface area contributed by atoms with E-state index in [1.807, 2.05) is 0 Å². The molecule has 0 atom stereocenters. The predicted octanol–water partition coefficient (Wildman–Crippen LogP) is 2.97. The Morgan fingerprint density at radius 1 is 1.18 bits per heavy atom. The smallest absolute Gasteiger partial charge is 0.311 e. The van der Waals surface area contributed by atoms with Crippen molar-refractivity contribution >= 4 is 33.0 Å². The lowest BCUT2D eigenvalue weighted by atomic mass is 10.3. The minimum Gasteiger partial charge on any atom is -0.412 e. The third-order valence-electron chi connectivity index (χ3n) is 4.18. The summed E-state index contributed by atoms with van der Waals surface area (Å²) >= 11 is 0.969. The number of halogens is 1. The van der Waals surface area contributed by atoms with Gasteiger partial charge in [-0.1, -0.05) is 0 Å². The Hall–Kier alpha value is -2.79. The van der Waals surface area contributed by atoms with Gasteiger partial charge in [0.05, 0.1) is 5.56 Å². The highest BCUT2D eigenvalue weighted by molar-refractivity contribution is 7.94. The van der Waals surface area contributed by atoms with Gasteiger partial charge in [0.25, 0.3) is 10.0 Å². The van der Waals surface area contributed by atoms with Crippen LogP contribution < -0.4 is 4.72 Å². The van der Waals surface area contributed by atoms with Gasteiger partial charge in [-0.15, -0.1) is 21.5 Å². The van der Waals surface area contributed by atoms with E-state index in [2.05, 4.69) is 14.9 Å². The molecule has 1 aromatic carbocycles. The van der Waals surface area contributed by atoms with Gasteiger partial charge < -0.3 is 9.32 Å². The van der Waals surface area contributed by atoms with Crippen molar-refractivity contribution in [3.63, 3.8) is 0 Å². The SMILES string of the molecule is O=C(c1nnc(-c2csc(S(=O)(=O)Nc3ccc(F)cc3)c2)o1)N1CCCC1. The third-order valence-corrected chi connectivity index (χ3v) is 7.01. The largest absolute Gasteiger partial charge is 0.412 e.